The van der Waals surface area contributed by atoms with Gasteiger partial charge in [-0.1, -0.05) is 13.8 Å². The molecule has 2 radical (unpaired) electrons. The SMILES string of the molecule is [B][C@@H](CC(C)C)C(=O)OC. The summed E-state index contributed by atoms with van der Waals surface area (Å²) in [5.74, 6) is -0.340. The molecule has 56 valence electrons. The van der Waals surface area contributed by atoms with Gasteiger partial charge in [-0.05, 0) is 12.3 Å². The Morgan fingerprint density at radius 1 is 1.60 bits per heavy atom. The van der Waals surface area contributed by atoms with Gasteiger partial charge in [0, 0.05) is 5.82 Å². The maximum Gasteiger partial charge on any atom is 0.299 e. The molecule has 1 atom stereocenters. The van der Waals surface area contributed by atoms with Gasteiger partial charge in [-0.2, -0.15) is 0 Å². The summed E-state index contributed by atoms with van der Waals surface area (Å²) in [5, 5.41) is 0. The summed E-state index contributed by atoms with van der Waals surface area (Å²) < 4.78 is 4.45. The molecule has 0 unspecified atom stereocenters. The smallest absolute Gasteiger partial charge is 0.299 e. The highest BCUT2D eigenvalue weighted by Gasteiger charge is 2.13. The highest BCUT2D eigenvalue weighted by molar-refractivity contribution is 6.22. The molecule has 3 heteroatoms. The van der Waals surface area contributed by atoms with Crippen LogP contribution in [0.1, 0.15) is 20.3 Å². The van der Waals surface area contributed by atoms with E-state index >= 15 is 0 Å². The third kappa shape index (κ3) is 3.54. The largest absolute Gasteiger partial charge is 0.469 e. The van der Waals surface area contributed by atoms with Crippen molar-refractivity contribution in [2.24, 2.45) is 5.92 Å². The molecule has 0 rings (SSSR count). The average molecular weight is 140 g/mol. The van der Waals surface area contributed by atoms with Gasteiger partial charge in [0.25, 0.3) is 5.97 Å². The molecule has 0 amide bonds. The third-order valence-electron chi connectivity index (χ3n) is 1.23. The maximum absolute atomic E-state index is 10.7. The third-order valence-corrected chi connectivity index (χ3v) is 1.23. The number of hydrogen-bond donors (Lipinski definition) is 0. The normalized spacial score (nSPS) is 13.2. The number of rotatable bonds is 3. The Morgan fingerprint density at radius 2 is 2.10 bits per heavy atom. The molecule has 0 aromatic carbocycles. The lowest BCUT2D eigenvalue weighted by atomic mass is 9.81. The van der Waals surface area contributed by atoms with Crippen LogP contribution in [0.5, 0.6) is 0 Å². The first-order chi connectivity index (χ1) is 4.57. The highest BCUT2D eigenvalue weighted by atomic mass is 16.5. The van der Waals surface area contributed by atoms with Crippen LogP contribution in [0.2, 0.25) is 5.82 Å². The first-order valence-corrected chi connectivity index (χ1v) is 3.41. The second-order valence-electron chi connectivity index (χ2n) is 2.76. The zero-order valence-electron chi connectivity index (χ0n) is 6.76. The fourth-order valence-corrected chi connectivity index (χ4v) is 0.755. The molecule has 0 fully saturated rings. The van der Waals surface area contributed by atoms with Gasteiger partial charge in [0.1, 0.15) is 0 Å². The van der Waals surface area contributed by atoms with E-state index in [1.54, 1.807) is 0 Å². The van der Waals surface area contributed by atoms with Gasteiger partial charge < -0.3 is 4.74 Å². The molecule has 2 nitrogen and oxygen atoms in total. The van der Waals surface area contributed by atoms with Crippen molar-refractivity contribution in [3.8, 4) is 0 Å². The summed E-state index contributed by atoms with van der Waals surface area (Å²) in [5.41, 5.74) is 0. The standard InChI is InChI=1S/C7H13BO2/c1-5(2)4-6(8)7(9)10-3/h5-6H,4H2,1-3H3/t6-/m0/s1. The van der Waals surface area contributed by atoms with E-state index in [1.807, 2.05) is 13.8 Å². The lowest BCUT2D eigenvalue weighted by Crippen LogP contribution is -2.12. The summed E-state index contributed by atoms with van der Waals surface area (Å²) in [6, 6.07) is 0. The predicted octanol–water partition coefficient (Wildman–Crippen LogP) is 1.16. The number of hydrogen-bond acceptors (Lipinski definition) is 2. The molecule has 0 saturated carbocycles. The maximum atomic E-state index is 10.7. The quantitative estimate of drug-likeness (QED) is 0.434. The number of ether oxygens (including phenoxy) is 1. The lowest BCUT2D eigenvalue weighted by molar-refractivity contribution is -0.140. The molecule has 0 aliphatic heterocycles. The van der Waals surface area contributed by atoms with E-state index in [0.717, 1.165) is 0 Å². The summed E-state index contributed by atoms with van der Waals surface area (Å²) >= 11 is 0. The molecule has 10 heavy (non-hydrogen) atoms. The molecular weight excluding hydrogens is 127 g/mol. The Balaban J connectivity index is 3.61. The van der Waals surface area contributed by atoms with Gasteiger partial charge in [0.15, 0.2) is 0 Å². The second-order valence-corrected chi connectivity index (χ2v) is 2.76. The van der Waals surface area contributed by atoms with Crippen molar-refractivity contribution < 1.29 is 9.53 Å². The summed E-state index contributed by atoms with van der Waals surface area (Å²) in [4.78, 5) is 10.7. The van der Waals surface area contributed by atoms with E-state index < -0.39 is 5.82 Å². The van der Waals surface area contributed by atoms with Crippen LogP contribution < -0.4 is 0 Å². The van der Waals surface area contributed by atoms with Crippen molar-refractivity contribution in [3.63, 3.8) is 0 Å². The Morgan fingerprint density at radius 3 is 2.40 bits per heavy atom. The number of esters is 1. The summed E-state index contributed by atoms with van der Waals surface area (Å²) in [6.45, 7) is 4.03. The van der Waals surface area contributed by atoms with E-state index in [9.17, 15) is 4.79 Å². The van der Waals surface area contributed by atoms with Crippen molar-refractivity contribution in [2.45, 2.75) is 26.1 Å². The van der Waals surface area contributed by atoms with Crippen LogP contribution >= 0.6 is 0 Å². The molecule has 0 bridgehead atoms. The average Bonchev–Trinajstić information content (AvgIpc) is 1.85. The van der Waals surface area contributed by atoms with Crippen molar-refractivity contribution in [3.05, 3.63) is 0 Å². The van der Waals surface area contributed by atoms with Crippen LogP contribution in [0.25, 0.3) is 0 Å². The van der Waals surface area contributed by atoms with Crippen LogP contribution in [0, 0.1) is 5.92 Å². The van der Waals surface area contributed by atoms with Crippen LogP contribution in [-0.4, -0.2) is 20.9 Å². The fourth-order valence-electron chi connectivity index (χ4n) is 0.755. The zero-order valence-corrected chi connectivity index (χ0v) is 6.76. The van der Waals surface area contributed by atoms with E-state index in [4.69, 9.17) is 7.85 Å². The second kappa shape index (κ2) is 4.37. The first-order valence-electron chi connectivity index (χ1n) is 3.41. The van der Waals surface area contributed by atoms with Crippen LogP contribution in [0.15, 0.2) is 0 Å². The van der Waals surface area contributed by atoms with Gasteiger partial charge in [0.05, 0.1) is 15.0 Å². The van der Waals surface area contributed by atoms with Crippen molar-refractivity contribution >= 4 is 13.8 Å². The Kier molecular flexibility index (Phi) is 4.16. The lowest BCUT2D eigenvalue weighted by Gasteiger charge is -2.10. The Hall–Kier alpha value is -0.465. The number of methoxy groups -OCH3 is 1. The first kappa shape index (κ1) is 9.53. The Bertz CT molecular complexity index is 112. The number of carbonyl (C=O) groups excluding carboxylic acids is 1. The van der Waals surface area contributed by atoms with E-state index in [1.165, 1.54) is 7.11 Å². The van der Waals surface area contributed by atoms with Crippen molar-refractivity contribution in [1.29, 1.82) is 0 Å². The zero-order chi connectivity index (χ0) is 8.15. The van der Waals surface area contributed by atoms with Gasteiger partial charge in [-0.15, -0.1) is 0 Å². The molecule has 0 spiro atoms. The molecule has 0 aliphatic rings. The van der Waals surface area contributed by atoms with Gasteiger partial charge >= 0.3 is 0 Å². The minimum absolute atomic E-state index is 0.325. The van der Waals surface area contributed by atoms with Gasteiger partial charge in [0.2, 0.25) is 0 Å². The van der Waals surface area contributed by atoms with Crippen LogP contribution in [0.4, 0.5) is 0 Å². The van der Waals surface area contributed by atoms with Crippen molar-refractivity contribution in [2.75, 3.05) is 7.11 Å². The molecule has 0 aromatic rings. The van der Waals surface area contributed by atoms with Crippen LogP contribution in [0.3, 0.4) is 0 Å². The molecule has 0 N–H and O–H groups in total. The summed E-state index contributed by atoms with van der Waals surface area (Å²) in [7, 11) is 6.80. The minimum Gasteiger partial charge on any atom is -0.469 e. The van der Waals surface area contributed by atoms with Gasteiger partial charge in [-0.25, -0.2) is 0 Å². The monoisotopic (exact) mass is 140 g/mol. The van der Waals surface area contributed by atoms with Crippen molar-refractivity contribution in [1.82, 2.24) is 0 Å². The highest BCUT2D eigenvalue weighted by Crippen LogP contribution is 2.14. The van der Waals surface area contributed by atoms with E-state index in [-0.39, 0.29) is 5.97 Å². The topological polar surface area (TPSA) is 26.3 Å². The predicted molar refractivity (Wildman–Crippen MR) is 41.0 cm³/mol. The molecule has 0 saturated heterocycles. The van der Waals surface area contributed by atoms with E-state index in [0.29, 0.717) is 12.3 Å². The van der Waals surface area contributed by atoms with Crippen LogP contribution in [-0.2, 0) is 9.53 Å². The molecule has 0 heterocycles. The Labute approximate surface area is 63.4 Å². The summed E-state index contributed by atoms with van der Waals surface area (Å²) in [6.07, 6.45) is 0.687. The molecule has 0 aliphatic carbocycles. The molecular formula is C7H13BO2. The van der Waals surface area contributed by atoms with Gasteiger partial charge in [-0.3, -0.25) is 4.79 Å². The minimum atomic E-state index is -0.454. The molecule has 0 aromatic heterocycles. The fraction of sp³-hybridized carbons (Fsp3) is 0.857. The van der Waals surface area contributed by atoms with E-state index in [2.05, 4.69) is 4.74 Å². The number of carbonyl (C=O) groups is 1.